The number of rotatable bonds is 4. The van der Waals surface area contributed by atoms with Crippen molar-refractivity contribution in [2.45, 2.75) is 32.7 Å². The first-order valence-electron chi connectivity index (χ1n) is 7.32. The third-order valence-electron chi connectivity index (χ3n) is 3.73. The molecule has 0 saturated carbocycles. The molecule has 2 heterocycles. The summed E-state index contributed by atoms with van der Waals surface area (Å²) in [5, 5.41) is 3.33. The van der Waals surface area contributed by atoms with E-state index in [0.717, 1.165) is 32.0 Å². The first-order valence-corrected chi connectivity index (χ1v) is 7.32. The molecular formula is C14H22N4O3. The normalized spacial score (nSPS) is 18.7. The molecule has 1 aliphatic rings. The van der Waals surface area contributed by atoms with Gasteiger partial charge in [0.25, 0.3) is 11.5 Å². The number of H-pyrrole nitrogens is 2. The van der Waals surface area contributed by atoms with Crippen LogP contribution in [-0.2, 0) is 0 Å². The Morgan fingerprint density at radius 1 is 1.38 bits per heavy atom. The van der Waals surface area contributed by atoms with Crippen molar-refractivity contribution < 1.29 is 4.79 Å². The largest absolute Gasteiger partial charge is 0.335 e. The van der Waals surface area contributed by atoms with Crippen molar-refractivity contribution in [2.75, 3.05) is 19.6 Å². The summed E-state index contributed by atoms with van der Waals surface area (Å²) >= 11 is 0. The van der Waals surface area contributed by atoms with E-state index in [4.69, 9.17) is 0 Å². The molecule has 0 aliphatic carbocycles. The second-order valence-electron chi connectivity index (χ2n) is 5.77. The van der Waals surface area contributed by atoms with Crippen LogP contribution in [0.3, 0.4) is 0 Å². The lowest BCUT2D eigenvalue weighted by molar-refractivity contribution is 0.0654. The molecule has 3 N–H and O–H groups in total. The second-order valence-corrected chi connectivity index (χ2v) is 5.77. The molecule has 0 aromatic carbocycles. The van der Waals surface area contributed by atoms with Crippen LogP contribution in [0, 0.1) is 5.92 Å². The molecule has 1 aromatic rings. The van der Waals surface area contributed by atoms with Gasteiger partial charge in [-0.05, 0) is 45.7 Å². The number of carbonyl (C=O) groups excluding carboxylic acids is 1. The maximum absolute atomic E-state index is 12.5. The number of hydrogen-bond donors (Lipinski definition) is 3. The van der Waals surface area contributed by atoms with E-state index in [-0.39, 0.29) is 17.6 Å². The Kier molecular flexibility index (Phi) is 4.95. The minimum absolute atomic E-state index is 0.00205. The fourth-order valence-corrected chi connectivity index (χ4v) is 2.62. The summed E-state index contributed by atoms with van der Waals surface area (Å²) in [5.74, 6) is 0.0950. The third kappa shape index (κ3) is 4.04. The van der Waals surface area contributed by atoms with Gasteiger partial charge in [0.2, 0.25) is 0 Å². The Balaban J connectivity index is 2.18. The number of aromatic nitrogens is 2. The Labute approximate surface area is 122 Å². The maximum Gasteiger partial charge on any atom is 0.326 e. The van der Waals surface area contributed by atoms with Gasteiger partial charge in [-0.15, -0.1) is 0 Å². The fraction of sp³-hybridized carbons (Fsp3) is 0.643. The predicted octanol–water partition coefficient (Wildman–Crippen LogP) is -0.0866. The molecule has 7 heteroatoms. The predicted molar refractivity (Wildman–Crippen MR) is 79.4 cm³/mol. The monoisotopic (exact) mass is 294 g/mol. The lowest BCUT2D eigenvalue weighted by Crippen LogP contribution is -2.45. The van der Waals surface area contributed by atoms with Gasteiger partial charge in [0.15, 0.2) is 0 Å². The number of hydrogen-bond acceptors (Lipinski definition) is 4. The zero-order valence-corrected chi connectivity index (χ0v) is 12.4. The molecule has 7 nitrogen and oxygen atoms in total. The zero-order valence-electron chi connectivity index (χ0n) is 12.4. The Morgan fingerprint density at radius 2 is 2.14 bits per heavy atom. The van der Waals surface area contributed by atoms with E-state index in [2.05, 4.69) is 15.3 Å². The summed E-state index contributed by atoms with van der Waals surface area (Å²) in [6.45, 7) is 6.40. The van der Waals surface area contributed by atoms with E-state index in [1.165, 1.54) is 0 Å². The Hall–Kier alpha value is -1.89. The van der Waals surface area contributed by atoms with Gasteiger partial charge in [0.05, 0.1) is 0 Å². The first kappa shape index (κ1) is 15.5. The van der Waals surface area contributed by atoms with Crippen LogP contribution in [0.1, 0.15) is 37.2 Å². The van der Waals surface area contributed by atoms with E-state index in [1.807, 2.05) is 13.8 Å². The number of carbonyl (C=O) groups is 1. The van der Waals surface area contributed by atoms with E-state index in [1.54, 1.807) is 4.90 Å². The highest BCUT2D eigenvalue weighted by Gasteiger charge is 2.24. The van der Waals surface area contributed by atoms with Crippen molar-refractivity contribution in [1.82, 2.24) is 20.2 Å². The van der Waals surface area contributed by atoms with Crippen LogP contribution < -0.4 is 16.6 Å². The van der Waals surface area contributed by atoms with Gasteiger partial charge in [0, 0.05) is 18.7 Å². The summed E-state index contributed by atoms with van der Waals surface area (Å²) < 4.78 is 0. The number of amides is 1. The molecule has 1 aromatic heterocycles. The highest BCUT2D eigenvalue weighted by Crippen LogP contribution is 2.15. The summed E-state index contributed by atoms with van der Waals surface area (Å²) in [5.41, 5.74) is -1.18. The number of aromatic amines is 2. The molecule has 1 unspecified atom stereocenters. The molecule has 2 rings (SSSR count). The molecule has 21 heavy (non-hydrogen) atoms. The van der Waals surface area contributed by atoms with Gasteiger partial charge in [0.1, 0.15) is 5.69 Å². The van der Waals surface area contributed by atoms with Gasteiger partial charge in [-0.2, -0.15) is 0 Å². The van der Waals surface area contributed by atoms with Crippen LogP contribution in [0.2, 0.25) is 0 Å². The van der Waals surface area contributed by atoms with Crippen molar-refractivity contribution in [1.29, 1.82) is 0 Å². The highest BCUT2D eigenvalue weighted by atomic mass is 16.2. The van der Waals surface area contributed by atoms with E-state index in [0.29, 0.717) is 12.5 Å². The van der Waals surface area contributed by atoms with Crippen LogP contribution in [0.4, 0.5) is 0 Å². The number of nitrogens with one attached hydrogen (secondary N) is 3. The van der Waals surface area contributed by atoms with Crippen molar-refractivity contribution in [2.24, 2.45) is 5.92 Å². The zero-order chi connectivity index (χ0) is 15.4. The molecule has 1 aliphatic heterocycles. The lowest BCUT2D eigenvalue weighted by atomic mass is 9.98. The van der Waals surface area contributed by atoms with Crippen molar-refractivity contribution in [3.63, 3.8) is 0 Å². The van der Waals surface area contributed by atoms with Crippen LogP contribution >= 0.6 is 0 Å². The van der Waals surface area contributed by atoms with Gasteiger partial charge in [-0.1, -0.05) is 0 Å². The summed E-state index contributed by atoms with van der Waals surface area (Å²) in [7, 11) is 0. The molecule has 1 amide bonds. The van der Waals surface area contributed by atoms with E-state index in [9.17, 15) is 14.4 Å². The van der Waals surface area contributed by atoms with Crippen molar-refractivity contribution >= 4 is 5.91 Å². The van der Waals surface area contributed by atoms with Gasteiger partial charge >= 0.3 is 5.69 Å². The average Bonchev–Trinajstić information content (AvgIpc) is 2.44. The molecular weight excluding hydrogens is 272 g/mol. The van der Waals surface area contributed by atoms with Crippen molar-refractivity contribution in [3.05, 3.63) is 32.6 Å². The topological polar surface area (TPSA) is 98.1 Å². The molecule has 116 valence electrons. The van der Waals surface area contributed by atoms with E-state index >= 15 is 0 Å². The Morgan fingerprint density at radius 3 is 2.71 bits per heavy atom. The van der Waals surface area contributed by atoms with Crippen LogP contribution in [0.25, 0.3) is 0 Å². The standard InChI is InChI=1S/C14H22N4O3/c1-9(2)18(8-10-4-3-5-15-7-10)13(20)11-6-12(19)17-14(21)16-11/h6,9-10,15H,3-5,7-8H2,1-2H3,(H2,16,17,19,21). The van der Waals surface area contributed by atoms with Gasteiger partial charge in [-0.3, -0.25) is 14.6 Å². The van der Waals surface area contributed by atoms with E-state index < -0.39 is 11.2 Å². The fourth-order valence-electron chi connectivity index (χ4n) is 2.62. The minimum atomic E-state index is -0.658. The maximum atomic E-state index is 12.5. The number of piperidine rings is 1. The Bertz CT molecular complexity index is 570. The molecule has 1 atom stereocenters. The average molecular weight is 294 g/mol. The smallest absolute Gasteiger partial charge is 0.326 e. The SMILES string of the molecule is CC(C)N(CC1CCCNC1)C(=O)c1cc(=O)[nH]c(=O)[nH]1. The minimum Gasteiger partial charge on any atom is -0.335 e. The third-order valence-corrected chi connectivity index (χ3v) is 3.73. The van der Waals surface area contributed by atoms with Crippen LogP contribution in [0.5, 0.6) is 0 Å². The summed E-state index contributed by atoms with van der Waals surface area (Å²) in [6, 6.07) is 1.14. The number of nitrogens with zero attached hydrogens (tertiary/aromatic N) is 1. The molecule has 1 fully saturated rings. The van der Waals surface area contributed by atoms with Gasteiger partial charge in [-0.25, -0.2) is 4.79 Å². The van der Waals surface area contributed by atoms with Gasteiger partial charge < -0.3 is 15.2 Å². The quantitative estimate of drug-likeness (QED) is 0.723. The molecule has 0 spiro atoms. The summed E-state index contributed by atoms with van der Waals surface area (Å²) in [4.78, 5) is 41.4. The van der Waals surface area contributed by atoms with Crippen LogP contribution in [0.15, 0.2) is 15.7 Å². The highest BCUT2D eigenvalue weighted by molar-refractivity contribution is 5.92. The first-order chi connectivity index (χ1) is 9.97. The molecule has 0 bridgehead atoms. The lowest BCUT2D eigenvalue weighted by Gasteiger charge is -2.32. The van der Waals surface area contributed by atoms with Crippen molar-refractivity contribution in [3.8, 4) is 0 Å². The summed E-state index contributed by atoms with van der Waals surface area (Å²) in [6.07, 6.45) is 2.18. The second kappa shape index (κ2) is 6.71. The van der Waals surface area contributed by atoms with Crippen LogP contribution in [-0.4, -0.2) is 46.5 Å². The molecule has 1 saturated heterocycles. The molecule has 0 radical (unpaired) electrons.